The van der Waals surface area contributed by atoms with Crippen LogP contribution in [0.15, 0.2) is 18.3 Å². The Morgan fingerprint density at radius 2 is 1.89 bits per heavy atom. The van der Waals surface area contributed by atoms with Gasteiger partial charge >= 0.3 is 0 Å². The molecule has 3 aromatic heterocycles. The Morgan fingerprint density at radius 1 is 1.11 bits per heavy atom. The molecule has 196 valence electrons. The van der Waals surface area contributed by atoms with E-state index in [0.717, 1.165) is 61.8 Å². The van der Waals surface area contributed by atoms with Crippen molar-refractivity contribution in [2.75, 3.05) is 35.2 Å². The summed E-state index contributed by atoms with van der Waals surface area (Å²) in [6.45, 7) is 11.4. The lowest BCUT2D eigenvalue weighted by atomic mass is 10.1. The van der Waals surface area contributed by atoms with Gasteiger partial charge < -0.3 is 20.9 Å². The van der Waals surface area contributed by atoms with E-state index in [1.807, 2.05) is 23.9 Å². The fraction of sp³-hybridized carbons (Fsp3) is 0.500. The molecule has 2 aliphatic rings. The number of aryl methyl sites for hydroxylation is 3. The Hall–Kier alpha value is -2.69. The second-order valence-electron chi connectivity index (χ2n) is 9.24. The van der Waals surface area contributed by atoms with Crippen LogP contribution in [-0.4, -0.2) is 50.4 Å². The summed E-state index contributed by atoms with van der Waals surface area (Å²) in [5, 5.41) is 14.7. The van der Waals surface area contributed by atoms with Crippen molar-refractivity contribution in [3.63, 3.8) is 0 Å². The van der Waals surface area contributed by atoms with Crippen LogP contribution in [0.3, 0.4) is 0 Å². The molecular weight excluding hydrogens is 504 g/mol. The zero-order valence-electron chi connectivity index (χ0n) is 21.0. The number of nitrogens with zero attached hydrogens (tertiary/aromatic N) is 6. The van der Waals surface area contributed by atoms with Crippen LogP contribution in [0.4, 0.5) is 33.5 Å². The maximum Gasteiger partial charge on any atom is 0.230 e. The highest BCUT2D eigenvalue weighted by molar-refractivity contribution is 5.85. The molecule has 9 nitrogen and oxygen atoms in total. The van der Waals surface area contributed by atoms with E-state index in [2.05, 4.69) is 49.8 Å². The summed E-state index contributed by atoms with van der Waals surface area (Å²) in [6.07, 6.45) is 3.87. The van der Waals surface area contributed by atoms with Gasteiger partial charge in [-0.2, -0.15) is 10.1 Å². The first-order valence-corrected chi connectivity index (χ1v) is 12.0. The number of aromatic nitrogens is 5. The Morgan fingerprint density at radius 3 is 2.56 bits per heavy atom. The zero-order valence-corrected chi connectivity index (χ0v) is 22.6. The van der Waals surface area contributed by atoms with Gasteiger partial charge in [0, 0.05) is 44.0 Å². The number of pyridine rings is 1. The van der Waals surface area contributed by atoms with Crippen LogP contribution in [0.5, 0.6) is 0 Å². The van der Waals surface area contributed by atoms with Gasteiger partial charge in [-0.05, 0) is 58.1 Å². The topological polar surface area (TPSA) is 95.8 Å². The Balaban J connectivity index is 0.00000180. The summed E-state index contributed by atoms with van der Waals surface area (Å²) in [5.41, 5.74) is 3.11. The summed E-state index contributed by atoms with van der Waals surface area (Å²) in [5.74, 6) is 2.45. The number of hydrogen-bond acceptors (Lipinski definition) is 8. The fourth-order valence-corrected chi connectivity index (χ4v) is 4.47. The van der Waals surface area contributed by atoms with Crippen molar-refractivity contribution in [3.05, 3.63) is 41.1 Å². The molecule has 0 radical (unpaired) electrons. The van der Waals surface area contributed by atoms with Crippen LogP contribution in [-0.2, 0) is 6.54 Å². The molecule has 36 heavy (non-hydrogen) atoms. The van der Waals surface area contributed by atoms with Crippen molar-refractivity contribution in [1.82, 2.24) is 30.0 Å². The van der Waals surface area contributed by atoms with Crippen molar-refractivity contribution in [2.24, 2.45) is 0 Å². The van der Waals surface area contributed by atoms with E-state index >= 15 is 0 Å². The molecule has 0 aromatic carbocycles. The first-order chi connectivity index (χ1) is 16.4. The van der Waals surface area contributed by atoms with E-state index in [9.17, 15) is 4.39 Å². The van der Waals surface area contributed by atoms with E-state index in [4.69, 9.17) is 4.98 Å². The Labute approximate surface area is 223 Å². The molecule has 0 unspecified atom stereocenters. The lowest BCUT2D eigenvalue weighted by Gasteiger charge is -2.34. The number of rotatable bonds is 7. The van der Waals surface area contributed by atoms with Crippen LogP contribution in [0.1, 0.15) is 49.6 Å². The predicted octanol–water partition coefficient (Wildman–Crippen LogP) is 4.85. The highest BCUT2D eigenvalue weighted by Crippen LogP contribution is 2.42. The molecule has 1 aliphatic carbocycles. The van der Waals surface area contributed by atoms with E-state index < -0.39 is 0 Å². The second kappa shape index (κ2) is 11.6. The van der Waals surface area contributed by atoms with E-state index in [-0.39, 0.29) is 36.5 Å². The highest BCUT2D eigenvalue weighted by atomic mass is 35.5. The quantitative estimate of drug-likeness (QED) is 0.393. The summed E-state index contributed by atoms with van der Waals surface area (Å²) in [4.78, 5) is 16.0. The molecule has 1 atom stereocenters. The molecule has 3 aromatic rings. The van der Waals surface area contributed by atoms with Crippen LogP contribution < -0.4 is 20.9 Å². The fourth-order valence-electron chi connectivity index (χ4n) is 4.47. The molecule has 12 heteroatoms. The third-order valence-electron chi connectivity index (χ3n) is 6.41. The lowest BCUT2D eigenvalue weighted by Crippen LogP contribution is -2.49. The first-order valence-electron chi connectivity index (χ1n) is 12.0. The molecule has 0 bridgehead atoms. The van der Waals surface area contributed by atoms with Crippen molar-refractivity contribution < 1.29 is 4.39 Å². The second-order valence-corrected chi connectivity index (χ2v) is 9.24. The van der Waals surface area contributed by atoms with Crippen LogP contribution in [0.25, 0.3) is 0 Å². The number of hydrogen-bond donors (Lipinski definition) is 3. The minimum Gasteiger partial charge on any atom is -0.364 e. The van der Waals surface area contributed by atoms with Crippen molar-refractivity contribution in [3.8, 4) is 0 Å². The van der Waals surface area contributed by atoms with E-state index in [1.165, 1.54) is 0 Å². The van der Waals surface area contributed by atoms with Gasteiger partial charge in [0.1, 0.15) is 11.6 Å². The minimum atomic E-state index is -0.207. The van der Waals surface area contributed by atoms with Gasteiger partial charge in [0.25, 0.3) is 0 Å². The van der Waals surface area contributed by atoms with Crippen LogP contribution in [0, 0.1) is 19.7 Å². The van der Waals surface area contributed by atoms with Gasteiger partial charge in [-0.15, -0.1) is 24.8 Å². The van der Waals surface area contributed by atoms with Crippen molar-refractivity contribution in [1.29, 1.82) is 0 Å². The first kappa shape index (κ1) is 27.9. The number of piperazine rings is 1. The Kier molecular flexibility index (Phi) is 8.97. The number of nitrogens with one attached hydrogen (secondary N) is 3. The zero-order chi connectivity index (χ0) is 23.8. The monoisotopic (exact) mass is 537 g/mol. The lowest BCUT2D eigenvalue weighted by molar-refractivity contribution is 0.484. The SMILES string of the molecule is CCn1nc(Nc2nc(Nc3cc(C4CC4)c(F)c(C)n3)ncc2N2CCN[C@H](C)C2)cc1C.Cl.Cl. The van der Waals surface area contributed by atoms with Crippen LogP contribution >= 0.6 is 24.8 Å². The average molecular weight is 539 g/mol. The number of halogens is 3. The van der Waals surface area contributed by atoms with E-state index in [1.54, 1.807) is 13.0 Å². The van der Waals surface area contributed by atoms with Gasteiger partial charge in [-0.3, -0.25) is 4.68 Å². The molecule has 1 saturated heterocycles. The molecule has 5 rings (SSSR count). The molecule has 0 spiro atoms. The van der Waals surface area contributed by atoms with Crippen molar-refractivity contribution in [2.45, 2.75) is 59.0 Å². The largest absolute Gasteiger partial charge is 0.364 e. The third-order valence-corrected chi connectivity index (χ3v) is 6.41. The van der Waals surface area contributed by atoms with Gasteiger partial charge in [0.15, 0.2) is 11.6 Å². The molecule has 0 amide bonds. The normalized spacial score (nSPS) is 17.2. The smallest absolute Gasteiger partial charge is 0.230 e. The molecule has 3 N–H and O–H groups in total. The standard InChI is InChI=1S/C24H32FN9.2ClH/c1-5-34-15(3)10-21(32-34)29-23-19(33-9-8-26-14(2)13-33)12-27-24(31-23)30-20-11-18(17-6-7-17)22(25)16(4)28-20;;/h10-12,14,17,26H,5-9,13H2,1-4H3,(H2,27,28,29,30,31,32);2*1H/t14-;;/m1../s1. The minimum absolute atomic E-state index is 0. The maximum absolute atomic E-state index is 14.5. The summed E-state index contributed by atoms with van der Waals surface area (Å²) < 4.78 is 16.5. The summed E-state index contributed by atoms with van der Waals surface area (Å²) in [6, 6.07) is 4.16. The molecule has 4 heterocycles. The number of anilines is 5. The summed E-state index contributed by atoms with van der Waals surface area (Å²) in [7, 11) is 0. The maximum atomic E-state index is 14.5. The molecule has 2 fully saturated rings. The van der Waals surface area contributed by atoms with Gasteiger partial charge in [0.05, 0.1) is 17.6 Å². The van der Waals surface area contributed by atoms with E-state index in [0.29, 0.717) is 29.3 Å². The predicted molar refractivity (Wildman–Crippen MR) is 146 cm³/mol. The van der Waals surface area contributed by atoms with Gasteiger partial charge in [-0.25, -0.2) is 14.4 Å². The van der Waals surface area contributed by atoms with Crippen LogP contribution in [0.2, 0.25) is 0 Å². The summed E-state index contributed by atoms with van der Waals surface area (Å²) >= 11 is 0. The average Bonchev–Trinajstić information content (AvgIpc) is 3.59. The van der Waals surface area contributed by atoms with Gasteiger partial charge in [-0.1, -0.05) is 0 Å². The molecule has 1 aliphatic heterocycles. The molecular formula is C24H34Cl2FN9. The van der Waals surface area contributed by atoms with Crippen molar-refractivity contribution >= 4 is 53.9 Å². The third kappa shape index (κ3) is 5.99. The Bertz CT molecular complexity index is 1200. The highest BCUT2D eigenvalue weighted by Gasteiger charge is 2.28. The molecule has 1 saturated carbocycles. The van der Waals surface area contributed by atoms with Gasteiger partial charge in [0.2, 0.25) is 5.95 Å².